The molecule has 0 amide bonds. The first-order valence-electron chi connectivity index (χ1n) is 5.91. The first-order chi connectivity index (χ1) is 7.69. The fourth-order valence-corrected chi connectivity index (χ4v) is 1.86. The number of nitrogens with two attached hydrogens (primary N) is 1. The van der Waals surface area contributed by atoms with Crippen LogP contribution in [-0.2, 0) is 0 Å². The molecule has 0 saturated carbocycles. The normalized spacial score (nSPS) is 12.8. The lowest BCUT2D eigenvalue weighted by atomic mass is 9.99. The highest BCUT2D eigenvalue weighted by Gasteiger charge is 2.13. The highest BCUT2D eigenvalue weighted by Crippen LogP contribution is 2.22. The molecule has 2 nitrogen and oxygen atoms in total. The average Bonchev–Trinajstić information content (AvgIpc) is 2.28. The summed E-state index contributed by atoms with van der Waals surface area (Å²) < 4.78 is 13.6. The Hall–Kier alpha value is -0.930. The third-order valence-corrected chi connectivity index (χ3v) is 2.82. The summed E-state index contributed by atoms with van der Waals surface area (Å²) in [6.07, 6.45) is 4.27. The van der Waals surface area contributed by atoms with Gasteiger partial charge < -0.3 is 0 Å². The number of nitrogens with one attached hydrogen (secondary N) is 1. The molecular weight excluding hydrogens is 203 g/mol. The summed E-state index contributed by atoms with van der Waals surface area (Å²) in [5.41, 5.74) is 4.45. The fourth-order valence-electron chi connectivity index (χ4n) is 1.86. The van der Waals surface area contributed by atoms with E-state index in [0.29, 0.717) is 5.56 Å². The van der Waals surface area contributed by atoms with E-state index in [1.54, 1.807) is 6.07 Å². The van der Waals surface area contributed by atoms with Crippen molar-refractivity contribution in [1.82, 2.24) is 5.43 Å². The Balaban J connectivity index is 2.73. The van der Waals surface area contributed by atoms with Crippen molar-refractivity contribution in [2.45, 2.75) is 45.6 Å². The molecule has 1 rings (SSSR count). The summed E-state index contributed by atoms with van der Waals surface area (Å²) >= 11 is 0. The molecule has 0 aliphatic heterocycles. The van der Waals surface area contributed by atoms with Gasteiger partial charge in [0.2, 0.25) is 0 Å². The Bertz CT molecular complexity index is 326. The zero-order valence-corrected chi connectivity index (χ0v) is 10.1. The van der Waals surface area contributed by atoms with E-state index in [1.165, 1.54) is 6.07 Å². The Labute approximate surface area is 97.0 Å². The molecule has 0 radical (unpaired) electrons. The number of halogens is 1. The van der Waals surface area contributed by atoms with E-state index in [2.05, 4.69) is 12.3 Å². The van der Waals surface area contributed by atoms with Gasteiger partial charge in [-0.3, -0.25) is 11.3 Å². The summed E-state index contributed by atoms with van der Waals surface area (Å²) in [6, 6.07) is 5.07. The summed E-state index contributed by atoms with van der Waals surface area (Å²) in [7, 11) is 0. The minimum Gasteiger partial charge on any atom is -0.271 e. The topological polar surface area (TPSA) is 38.0 Å². The lowest BCUT2D eigenvalue weighted by Crippen LogP contribution is -2.28. The maximum Gasteiger partial charge on any atom is 0.128 e. The molecule has 1 aromatic rings. The molecule has 0 bridgehead atoms. The van der Waals surface area contributed by atoms with Crippen LogP contribution in [0.3, 0.4) is 0 Å². The number of aryl methyl sites for hydroxylation is 1. The van der Waals surface area contributed by atoms with E-state index in [9.17, 15) is 4.39 Å². The number of hydrogen-bond donors (Lipinski definition) is 2. The third-order valence-electron chi connectivity index (χ3n) is 2.82. The molecule has 0 aliphatic rings. The van der Waals surface area contributed by atoms with Crippen LogP contribution in [0.2, 0.25) is 0 Å². The second-order valence-corrected chi connectivity index (χ2v) is 4.24. The highest BCUT2D eigenvalue weighted by molar-refractivity contribution is 5.26. The highest BCUT2D eigenvalue weighted by atomic mass is 19.1. The van der Waals surface area contributed by atoms with Gasteiger partial charge >= 0.3 is 0 Å². The third kappa shape index (κ3) is 3.58. The van der Waals surface area contributed by atoms with Crippen molar-refractivity contribution in [1.29, 1.82) is 0 Å². The molecule has 3 N–H and O–H groups in total. The largest absolute Gasteiger partial charge is 0.271 e. The molecule has 1 unspecified atom stereocenters. The van der Waals surface area contributed by atoms with Crippen LogP contribution in [0, 0.1) is 12.7 Å². The van der Waals surface area contributed by atoms with Gasteiger partial charge in [0, 0.05) is 11.6 Å². The fraction of sp³-hybridized carbons (Fsp3) is 0.538. The lowest BCUT2D eigenvalue weighted by Gasteiger charge is -2.17. The van der Waals surface area contributed by atoms with Crippen LogP contribution in [0.15, 0.2) is 18.2 Å². The second-order valence-electron chi connectivity index (χ2n) is 4.24. The summed E-state index contributed by atoms with van der Waals surface area (Å²) in [6.45, 7) is 4.11. The van der Waals surface area contributed by atoms with Crippen LogP contribution in [0.1, 0.15) is 49.8 Å². The zero-order valence-electron chi connectivity index (χ0n) is 10.1. The van der Waals surface area contributed by atoms with Gasteiger partial charge in [0.15, 0.2) is 0 Å². The Morgan fingerprint density at radius 3 is 2.75 bits per heavy atom. The van der Waals surface area contributed by atoms with Gasteiger partial charge in [-0.05, 0) is 19.4 Å². The molecule has 16 heavy (non-hydrogen) atoms. The van der Waals surface area contributed by atoms with E-state index < -0.39 is 0 Å². The second kappa shape index (κ2) is 6.61. The smallest absolute Gasteiger partial charge is 0.128 e. The summed E-state index contributed by atoms with van der Waals surface area (Å²) in [4.78, 5) is 0. The van der Waals surface area contributed by atoms with Crippen LogP contribution in [0.25, 0.3) is 0 Å². The molecule has 0 spiro atoms. The predicted molar refractivity (Wildman–Crippen MR) is 65.3 cm³/mol. The maximum atomic E-state index is 13.6. The molecular formula is C13H21FN2. The van der Waals surface area contributed by atoms with E-state index in [-0.39, 0.29) is 11.9 Å². The first kappa shape index (κ1) is 13.1. The Kier molecular flexibility index (Phi) is 5.43. The van der Waals surface area contributed by atoms with Crippen molar-refractivity contribution in [3.63, 3.8) is 0 Å². The quantitative estimate of drug-likeness (QED) is 0.442. The van der Waals surface area contributed by atoms with E-state index in [0.717, 1.165) is 31.2 Å². The van der Waals surface area contributed by atoms with Crippen LogP contribution in [0.4, 0.5) is 4.39 Å². The van der Waals surface area contributed by atoms with Gasteiger partial charge in [-0.15, -0.1) is 0 Å². The van der Waals surface area contributed by atoms with Gasteiger partial charge in [-0.1, -0.05) is 43.9 Å². The van der Waals surface area contributed by atoms with Crippen molar-refractivity contribution in [2.24, 2.45) is 5.84 Å². The molecule has 0 heterocycles. The van der Waals surface area contributed by atoms with Crippen LogP contribution < -0.4 is 11.3 Å². The lowest BCUT2D eigenvalue weighted by molar-refractivity contribution is 0.464. The molecule has 0 aliphatic carbocycles. The molecule has 90 valence electrons. The summed E-state index contributed by atoms with van der Waals surface area (Å²) in [5.74, 6) is 5.31. The molecule has 0 saturated heterocycles. The van der Waals surface area contributed by atoms with Crippen LogP contribution >= 0.6 is 0 Å². The van der Waals surface area contributed by atoms with Gasteiger partial charge in [0.1, 0.15) is 5.82 Å². The maximum absolute atomic E-state index is 13.6. The summed E-state index contributed by atoms with van der Waals surface area (Å²) in [5, 5.41) is 0. The van der Waals surface area contributed by atoms with Gasteiger partial charge in [0.25, 0.3) is 0 Å². The minimum atomic E-state index is -0.176. The van der Waals surface area contributed by atoms with Crippen molar-refractivity contribution in [2.75, 3.05) is 0 Å². The Morgan fingerprint density at radius 2 is 2.12 bits per heavy atom. The number of benzene rings is 1. The van der Waals surface area contributed by atoms with Crippen molar-refractivity contribution in [3.8, 4) is 0 Å². The standard InChI is InChI=1S/C13H21FN2/c1-3-4-5-6-13(16-15)11-9-10(2)7-8-12(11)14/h7-9,13,16H,3-6,15H2,1-2H3. The van der Waals surface area contributed by atoms with Crippen LogP contribution in [0.5, 0.6) is 0 Å². The van der Waals surface area contributed by atoms with Gasteiger partial charge in [0.05, 0.1) is 0 Å². The van der Waals surface area contributed by atoms with E-state index in [4.69, 9.17) is 5.84 Å². The SMILES string of the molecule is CCCCCC(NN)c1cc(C)ccc1F. The number of hydrogen-bond acceptors (Lipinski definition) is 2. The predicted octanol–water partition coefficient (Wildman–Crippen LogP) is 3.22. The monoisotopic (exact) mass is 224 g/mol. The molecule has 0 fully saturated rings. The van der Waals surface area contributed by atoms with Crippen molar-refractivity contribution >= 4 is 0 Å². The van der Waals surface area contributed by atoms with E-state index in [1.807, 2.05) is 13.0 Å². The van der Waals surface area contributed by atoms with Crippen molar-refractivity contribution in [3.05, 3.63) is 35.1 Å². The van der Waals surface area contributed by atoms with E-state index >= 15 is 0 Å². The molecule has 3 heteroatoms. The number of hydrazine groups is 1. The zero-order chi connectivity index (χ0) is 12.0. The van der Waals surface area contributed by atoms with Crippen LogP contribution in [-0.4, -0.2) is 0 Å². The molecule has 1 atom stereocenters. The average molecular weight is 224 g/mol. The Morgan fingerprint density at radius 1 is 1.38 bits per heavy atom. The minimum absolute atomic E-state index is 0.0774. The van der Waals surface area contributed by atoms with Crippen molar-refractivity contribution < 1.29 is 4.39 Å². The number of unbranched alkanes of at least 4 members (excludes halogenated alkanes) is 2. The first-order valence-corrected chi connectivity index (χ1v) is 5.91. The number of rotatable bonds is 6. The van der Waals surface area contributed by atoms with Gasteiger partial charge in [-0.25, -0.2) is 4.39 Å². The van der Waals surface area contributed by atoms with Gasteiger partial charge in [-0.2, -0.15) is 0 Å². The molecule has 0 aromatic heterocycles. The molecule has 1 aromatic carbocycles.